The molecule has 0 spiro atoms. The first-order valence-corrected chi connectivity index (χ1v) is 11.0. The average Bonchev–Trinajstić information content (AvgIpc) is 3.19. The fraction of sp³-hybridized carbons (Fsp3) is 0.211. The number of nitrogens with two attached hydrogens (primary N) is 1. The molecule has 0 saturated heterocycles. The number of nitrogens with zero attached hydrogens (tertiary/aromatic N) is 3. The molecule has 0 saturated carbocycles. The molecule has 1 aliphatic heterocycles. The van der Waals surface area contributed by atoms with Crippen molar-refractivity contribution in [2.75, 3.05) is 11.1 Å². The van der Waals surface area contributed by atoms with Crippen molar-refractivity contribution in [1.29, 1.82) is 0 Å². The number of sulfonamides is 1. The van der Waals surface area contributed by atoms with E-state index in [9.17, 15) is 22.0 Å². The first kappa shape index (κ1) is 22.1. The lowest BCUT2D eigenvalue weighted by Crippen LogP contribution is -2.40. The first-order valence-electron chi connectivity index (χ1n) is 9.21. The van der Waals surface area contributed by atoms with Crippen LogP contribution in [0.25, 0.3) is 0 Å². The number of pyridine rings is 1. The van der Waals surface area contributed by atoms with Gasteiger partial charge in [-0.05, 0) is 38.1 Å². The second-order valence-corrected chi connectivity index (χ2v) is 9.87. The van der Waals surface area contributed by atoms with Crippen molar-refractivity contribution >= 4 is 39.2 Å². The van der Waals surface area contributed by atoms with E-state index in [1.807, 2.05) is 0 Å². The molecule has 13 heteroatoms. The third-order valence-electron chi connectivity index (χ3n) is 5.20. The number of carbonyl (C=O) groups is 1. The molecule has 1 amide bonds. The topological polar surface area (TPSA) is 134 Å². The number of nitrogen functional groups attached to an aromatic ring is 1. The lowest BCUT2D eigenvalue weighted by molar-refractivity contribution is 0.102. The minimum absolute atomic E-state index is 0.0584. The molecule has 168 valence electrons. The number of halogens is 3. The van der Waals surface area contributed by atoms with Gasteiger partial charge in [-0.25, -0.2) is 22.2 Å². The highest BCUT2D eigenvalue weighted by molar-refractivity contribution is 7.89. The van der Waals surface area contributed by atoms with Crippen molar-refractivity contribution < 1.29 is 22.0 Å². The summed E-state index contributed by atoms with van der Waals surface area (Å²) in [5, 5.41) is 9.53. The smallest absolute Gasteiger partial charge is 0.260 e. The number of hydrogen-bond acceptors (Lipinski definition) is 6. The molecule has 32 heavy (non-hydrogen) atoms. The first-order chi connectivity index (χ1) is 14.9. The second-order valence-electron chi connectivity index (χ2n) is 7.62. The average molecular weight is 483 g/mol. The molecule has 0 unspecified atom stereocenters. The van der Waals surface area contributed by atoms with Gasteiger partial charge in [0.25, 0.3) is 5.91 Å². The van der Waals surface area contributed by atoms with Gasteiger partial charge in [0, 0.05) is 18.2 Å². The standard InChI is InChI=1S/C19H17ClF2N6O3S/c1-19(2)15-13(8-28(19)32(30,31)11-6-9(21)5-10(22)7-11)17(27-26-15)25-18(29)12-3-4-14(20)24-16(12)23/h3-7H,8H2,1-2H3,(H2,23,24)(H2,25,26,27,29). The van der Waals surface area contributed by atoms with E-state index in [4.69, 9.17) is 17.3 Å². The van der Waals surface area contributed by atoms with Crippen LogP contribution in [-0.4, -0.2) is 33.8 Å². The molecule has 4 rings (SSSR count). The van der Waals surface area contributed by atoms with Gasteiger partial charge >= 0.3 is 0 Å². The fourth-order valence-electron chi connectivity index (χ4n) is 3.60. The van der Waals surface area contributed by atoms with Crippen molar-refractivity contribution in [3.63, 3.8) is 0 Å². The van der Waals surface area contributed by atoms with Gasteiger partial charge in [0.1, 0.15) is 22.6 Å². The van der Waals surface area contributed by atoms with Gasteiger partial charge in [-0.15, -0.1) is 0 Å². The molecule has 3 aromatic rings. The summed E-state index contributed by atoms with van der Waals surface area (Å²) in [6.45, 7) is 3.02. The van der Waals surface area contributed by atoms with Crippen LogP contribution in [0.1, 0.15) is 35.5 Å². The van der Waals surface area contributed by atoms with Crippen molar-refractivity contribution in [2.24, 2.45) is 0 Å². The summed E-state index contributed by atoms with van der Waals surface area (Å²) in [6, 6.07) is 4.88. The number of rotatable bonds is 4. The Labute approximate surface area is 186 Å². The minimum Gasteiger partial charge on any atom is -0.383 e. The van der Waals surface area contributed by atoms with Gasteiger partial charge in [-0.3, -0.25) is 9.89 Å². The zero-order valence-electron chi connectivity index (χ0n) is 16.8. The van der Waals surface area contributed by atoms with Crippen LogP contribution >= 0.6 is 11.6 Å². The van der Waals surface area contributed by atoms with Crippen LogP contribution in [-0.2, 0) is 22.1 Å². The molecule has 0 atom stereocenters. The normalized spacial score (nSPS) is 15.5. The predicted molar refractivity (Wildman–Crippen MR) is 112 cm³/mol. The van der Waals surface area contributed by atoms with Crippen LogP contribution < -0.4 is 11.1 Å². The maximum Gasteiger partial charge on any atom is 0.260 e. The summed E-state index contributed by atoms with van der Waals surface area (Å²) in [5.74, 6) is -2.63. The van der Waals surface area contributed by atoms with Gasteiger partial charge in [0.05, 0.1) is 21.7 Å². The molecule has 0 radical (unpaired) electrons. The zero-order valence-corrected chi connectivity index (χ0v) is 18.4. The Morgan fingerprint density at radius 3 is 2.53 bits per heavy atom. The molecule has 1 aliphatic rings. The van der Waals surface area contributed by atoms with Gasteiger partial charge in [0.15, 0.2) is 5.82 Å². The molecule has 3 heterocycles. The summed E-state index contributed by atoms with van der Waals surface area (Å²) in [5.41, 5.74) is 5.49. The van der Waals surface area contributed by atoms with Crippen molar-refractivity contribution in [2.45, 2.75) is 30.8 Å². The lowest BCUT2D eigenvalue weighted by atomic mass is 10.0. The van der Waals surface area contributed by atoms with E-state index in [1.54, 1.807) is 13.8 Å². The van der Waals surface area contributed by atoms with E-state index >= 15 is 0 Å². The number of anilines is 2. The fourth-order valence-corrected chi connectivity index (χ4v) is 5.52. The van der Waals surface area contributed by atoms with Crippen LogP contribution in [0.15, 0.2) is 35.2 Å². The van der Waals surface area contributed by atoms with Crippen LogP contribution in [0, 0.1) is 11.6 Å². The third-order valence-corrected chi connectivity index (χ3v) is 7.40. The van der Waals surface area contributed by atoms with Crippen molar-refractivity contribution in [3.05, 3.63) is 63.9 Å². The second kappa shape index (κ2) is 7.50. The minimum atomic E-state index is -4.29. The molecule has 1 aromatic carbocycles. The molecule has 9 nitrogen and oxygen atoms in total. The highest BCUT2D eigenvalue weighted by Crippen LogP contribution is 2.43. The van der Waals surface area contributed by atoms with E-state index in [1.165, 1.54) is 12.1 Å². The highest BCUT2D eigenvalue weighted by atomic mass is 35.5. The maximum absolute atomic E-state index is 13.7. The predicted octanol–water partition coefficient (Wildman–Crippen LogP) is 3.01. The summed E-state index contributed by atoms with van der Waals surface area (Å²) < 4.78 is 54.8. The van der Waals surface area contributed by atoms with Crippen LogP contribution in [0.2, 0.25) is 5.15 Å². The van der Waals surface area contributed by atoms with E-state index < -0.39 is 38.0 Å². The number of benzene rings is 1. The molecule has 0 bridgehead atoms. The number of nitrogens with one attached hydrogen (secondary N) is 2. The Morgan fingerprint density at radius 2 is 1.91 bits per heavy atom. The quantitative estimate of drug-likeness (QED) is 0.489. The Hall–Kier alpha value is -3.09. The van der Waals surface area contributed by atoms with Gasteiger partial charge in [0.2, 0.25) is 10.0 Å². The molecular weight excluding hydrogens is 466 g/mol. The number of amides is 1. The van der Waals surface area contributed by atoms with Crippen molar-refractivity contribution in [3.8, 4) is 0 Å². The number of aromatic nitrogens is 3. The molecule has 4 N–H and O–H groups in total. The maximum atomic E-state index is 13.7. The molecule has 0 aliphatic carbocycles. The van der Waals surface area contributed by atoms with Gasteiger partial charge < -0.3 is 11.1 Å². The van der Waals surface area contributed by atoms with E-state index in [0.717, 1.165) is 16.4 Å². The van der Waals surface area contributed by atoms with Crippen LogP contribution in [0.5, 0.6) is 0 Å². The Morgan fingerprint density at radius 1 is 1.25 bits per heavy atom. The Kier molecular flexibility index (Phi) is 5.18. The highest BCUT2D eigenvalue weighted by Gasteiger charge is 2.48. The van der Waals surface area contributed by atoms with Crippen molar-refractivity contribution in [1.82, 2.24) is 19.5 Å². The monoisotopic (exact) mass is 482 g/mol. The number of fused-ring (bicyclic) bond motifs is 1. The Balaban J connectivity index is 1.67. The number of hydrogen-bond donors (Lipinski definition) is 3. The molecular formula is C19H17ClF2N6O3S. The zero-order chi connectivity index (χ0) is 23.4. The summed E-state index contributed by atoms with van der Waals surface area (Å²) in [4.78, 5) is 15.9. The summed E-state index contributed by atoms with van der Waals surface area (Å²) in [7, 11) is -4.29. The largest absolute Gasteiger partial charge is 0.383 e. The van der Waals surface area contributed by atoms with Crippen LogP contribution in [0.3, 0.4) is 0 Å². The summed E-state index contributed by atoms with van der Waals surface area (Å²) >= 11 is 5.75. The Bertz CT molecular complexity index is 1340. The van der Waals surface area contributed by atoms with Gasteiger partial charge in [-0.1, -0.05) is 11.6 Å². The van der Waals surface area contributed by atoms with Gasteiger partial charge in [-0.2, -0.15) is 9.40 Å². The SMILES string of the molecule is CC1(C)c2[nH]nc(NC(=O)c3ccc(Cl)nc3N)c2CN1S(=O)(=O)c1cc(F)cc(F)c1. The van der Waals surface area contributed by atoms with E-state index in [-0.39, 0.29) is 28.9 Å². The van der Waals surface area contributed by atoms with E-state index in [2.05, 4.69) is 20.5 Å². The molecule has 2 aromatic heterocycles. The van der Waals surface area contributed by atoms with E-state index in [0.29, 0.717) is 17.3 Å². The lowest BCUT2D eigenvalue weighted by Gasteiger charge is -2.30. The number of aromatic amines is 1. The number of H-pyrrole nitrogens is 1. The summed E-state index contributed by atoms with van der Waals surface area (Å²) in [6.07, 6.45) is 0. The third kappa shape index (κ3) is 3.59. The molecule has 0 fully saturated rings. The number of carbonyl (C=O) groups excluding carboxylic acids is 1. The van der Waals surface area contributed by atoms with Crippen LogP contribution in [0.4, 0.5) is 20.4 Å².